The van der Waals surface area contributed by atoms with Crippen LogP contribution in [0.5, 0.6) is 0 Å². The Morgan fingerprint density at radius 2 is 2.35 bits per heavy atom. The number of aromatic nitrogens is 3. The highest BCUT2D eigenvalue weighted by Crippen LogP contribution is 2.16. The van der Waals surface area contributed by atoms with Crippen LogP contribution in [0, 0.1) is 11.8 Å². The number of hydrogen-bond donors (Lipinski definition) is 2. The first-order valence-electron chi connectivity index (χ1n) is 6.02. The second kappa shape index (κ2) is 6.75. The summed E-state index contributed by atoms with van der Waals surface area (Å²) in [6.07, 6.45) is 2.32. The number of nitrogens with zero attached hydrogens (tertiary/aromatic N) is 3. The predicted octanol–water partition coefficient (Wildman–Crippen LogP) is 1.06. The molecule has 0 spiro atoms. The Morgan fingerprint density at radius 1 is 1.50 bits per heavy atom. The third-order valence-corrected chi connectivity index (χ3v) is 3.32. The molecule has 0 saturated carbocycles. The first-order chi connectivity index (χ1) is 9.74. The van der Waals surface area contributed by atoms with Gasteiger partial charge in [-0.05, 0) is 18.6 Å². The molecule has 6 nitrogen and oxygen atoms in total. The van der Waals surface area contributed by atoms with Crippen molar-refractivity contribution in [2.75, 3.05) is 11.9 Å². The van der Waals surface area contributed by atoms with E-state index in [1.165, 1.54) is 11.3 Å². The average Bonchev–Trinajstić information content (AvgIpc) is 2.93. The quantitative estimate of drug-likeness (QED) is 0.823. The van der Waals surface area contributed by atoms with Crippen LogP contribution in [-0.2, 0) is 6.42 Å². The van der Waals surface area contributed by atoms with Gasteiger partial charge in [0, 0.05) is 6.20 Å². The van der Waals surface area contributed by atoms with Gasteiger partial charge < -0.3 is 5.73 Å². The van der Waals surface area contributed by atoms with Crippen molar-refractivity contribution in [2.24, 2.45) is 5.73 Å². The van der Waals surface area contributed by atoms with Gasteiger partial charge in [0.2, 0.25) is 5.13 Å². The lowest BCUT2D eigenvalue weighted by molar-refractivity contribution is 0.102. The highest BCUT2D eigenvalue weighted by molar-refractivity contribution is 7.15. The molecule has 20 heavy (non-hydrogen) atoms. The van der Waals surface area contributed by atoms with Gasteiger partial charge in [-0.25, -0.2) is 4.98 Å². The fourth-order valence-corrected chi connectivity index (χ4v) is 2.11. The van der Waals surface area contributed by atoms with Crippen molar-refractivity contribution in [1.82, 2.24) is 15.2 Å². The second-order valence-electron chi connectivity index (χ2n) is 3.71. The third-order valence-electron chi connectivity index (χ3n) is 2.34. The van der Waals surface area contributed by atoms with E-state index in [0.29, 0.717) is 10.7 Å². The van der Waals surface area contributed by atoms with E-state index in [9.17, 15) is 4.79 Å². The molecule has 3 N–H and O–H groups in total. The van der Waals surface area contributed by atoms with Crippen LogP contribution in [0.2, 0.25) is 0 Å². The van der Waals surface area contributed by atoms with Gasteiger partial charge in [0.1, 0.15) is 10.7 Å². The van der Waals surface area contributed by atoms with Crippen LogP contribution in [-0.4, -0.2) is 27.6 Å². The van der Waals surface area contributed by atoms with Crippen molar-refractivity contribution >= 4 is 22.4 Å². The van der Waals surface area contributed by atoms with Crippen molar-refractivity contribution in [2.45, 2.75) is 13.3 Å². The van der Waals surface area contributed by atoms with Gasteiger partial charge in [0.15, 0.2) is 0 Å². The lowest BCUT2D eigenvalue weighted by Gasteiger charge is -2.02. The Bertz CT molecular complexity index is 671. The molecule has 0 aliphatic heterocycles. The molecule has 2 aromatic heterocycles. The molecule has 2 heterocycles. The summed E-state index contributed by atoms with van der Waals surface area (Å²) >= 11 is 1.34. The lowest BCUT2D eigenvalue weighted by atomic mass is 10.2. The van der Waals surface area contributed by atoms with Crippen molar-refractivity contribution in [3.63, 3.8) is 0 Å². The van der Waals surface area contributed by atoms with Gasteiger partial charge in [-0.3, -0.25) is 10.1 Å². The number of aryl methyl sites for hydroxylation is 1. The highest BCUT2D eigenvalue weighted by Gasteiger charge is 2.14. The zero-order valence-electron chi connectivity index (χ0n) is 10.9. The maximum Gasteiger partial charge on any atom is 0.277 e. The Balaban J connectivity index is 2.20. The van der Waals surface area contributed by atoms with Gasteiger partial charge >= 0.3 is 0 Å². The van der Waals surface area contributed by atoms with E-state index in [4.69, 9.17) is 5.73 Å². The van der Waals surface area contributed by atoms with Crippen LogP contribution in [0.15, 0.2) is 18.3 Å². The summed E-state index contributed by atoms with van der Waals surface area (Å²) in [6.45, 7) is 2.21. The Kier molecular flexibility index (Phi) is 4.76. The summed E-state index contributed by atoms with van der Waals surface area (Å²) in [4.78, 5) is 16.2. The number of carbonyl (C=O) groups excluding carboxylic acids is 1. The molecule has 7 heteroatoms. The van der Waals surface area contributed by atoms with Crippen molar-refractivity contribution in [3.05, 3.63) is 34.6 Å². The average molecular weight is 287 g/mol. The fraction of sp³-hybridized carbons (Fsp3) is 0.231. The number of nitrogens with one attached hydrogen (secondary N) is 1. The van der Waals surface area contributed by atoms with Crippen LogP contribution in [0.1, 0.15) is 28.0 Å². The minimum Gasteiger partial charge on any atom is -0.320 e. The molecular weight excluding hydrogens is 274 g/mol. The van der Waals surface area contributed by atoms with Crippen LogP contribution < -0.4 is 11.1 Å². The summed E-state index contributed by atoms with van der Waals surface area (Å²) in [6, 6.07) is 3.44. The first kappa shape index (κ1) is 14.1. The predicted molar refractivity (Wildman–Crippen MR) is 77.4 cm³/mol. The number of anilines is 1. The molecule has 0 bridgehead atoms. The SMILES string of the molecule is CCc1nnc(NC(=O)c2ncccc2C#CCN)s1. The zero-order valence-corrected chi connectivity index (χ0v) is 11.7. The maximum absolute atomic E-state index is 12.2. The molecule has 2 aromatic rings. The fourth-order valence-electron chi connectivity index (χ4n) is 1.44. The summed E-state index contributed by atoms with van der Waals surface area (Å²) in [5, 5.41) is 11.8. The second-order valence-corrected chi connectivity index (χ2v) is 4.78. The minimum absolute atomic E-state index is 0.228. The van der Waals surface area contributed by atoms with E-state index >= 15 is 0 Å². The smallest absolute Gasteiger partial charge is 0.277 e. The largest absolute Gasteiger partial charge is 0.320 e. The van der Waals surface area contributed by atoms with Crippen molar-refractivity contribution in [1.29, 1.82) is 0 Å². The molecule has 0 fully saturated rings. The molecule has 0 saturated heterocycles. The van der Waals surface area contributed by atoms with Crippen LogP contribution in [0.3, 0.4) is 0 Å². The standard InChI is InChI=1S/C13H13N5OS/c1-2-10-17-18-13(20-10)16-12(19)11-9(5-3-7-14)6-4-8-15-11/h4,6,8H,2,7,14H2,1H3,(H,16,18,19). The van der Waals surface area contributed by atoms with Crippen molar-refractivity contribution in [3.8, 4) is 11.8 Å². The third kappa shape index (κ3) is 3.38. The van der Waals surface area contributed by atoms with Gasteiger partial charge in [0.25, 0.3) is 5.91 Å². The molecule has 102 valence electrons. The minimum atomic E-state index is -0.356. The molecule has 0 radical (unpaired) electrons. The summed E-state index contributed by atoms with van der Waals surface area (Å²) in [7, 11) is 0. The Hall–Kier alpha value is -2.30. The molecule has 0 aromatic carbocycles. The van der Waals surface area contributed by atoms with Gasteiger partial charge in [-0.1, -0.05) is 30.1 Å². The lowest BCUT2D eigenvalue weighted by Crippen LogP contribution is -2.15. The van der Waals surface area contributed by atoms with Crippen LogP contribution in [0.4, 0.5) is 5.13 Å². The van der Waals surface area contributed by atoms with Crippen LogP contribution >= 0.6 is 11.3 Å². The topological polar surface area (TPSA) is 93.8 Å². The first-order valence-corrected chi connectivity index (χ1v) is 6.84. The summed E-state index contributed by atoms with van der Waals surface area (Å²) in [5.74, 6) is 5.18. The van der Waals surface area contributed by atoms with Gasteiger partial charge in [-0.15, -0.1) is 10.2 Å². The van der Waals surface area contributed by atoms with Crippen LogP contribution in [0.25, 0.3) is 0 Å². The van der Waals surface area contributed by atoms with E-state index in [0.717, 1.165) is 11.4 Å². The zero-order chi connectivity index (χ0) is 14.4. The number of nitrogens with two attached hydrogens (primary N) is 1. The molecule has 1 amide bonds. The van der Waals surface area contributed by atoms with E-state index < -0.39 is 0 Å². The van der Waals surface area contributed by atoms with E-state index in [-0.39, 0.29) is 18.1 Å². The number of carbonyl (C=O) groups is 1. The monoisotopic (exact) mass is 287 g/mol. The highest BCUT2D eigenvalue weighted by atomic mass is 32.1. The Morgan fingerprint density at radius 3 is 3.05 bits per heavy atom. The number of hydrogen-bond acceptors (Lipinski definition) is 6. The van der Waals surface area contributed by atoms with Gasteiger partial charge in [0.05, 0.1) is 12.1 Å². The Labute approximate surface area is 120 Å². The van der Waals surface area contributed by atoms with E-state index in [1.54, 1.807) is 18.3 Å². The van der Waals surface area contributed by atoms with Gasteiger partial charge in [-0.2, -0.15) is 0 Å². The number of pyridine rings is 1. The molecule has 0 atom stereocenters. The molecule has 0 unspecified atom stereocenters. The summed E-state index contributed by atoms with van der Waals surface area (Å²) in [5.41, 5.74) is 6.12. The van der Waals surface area contributed by atoms with E-state index in [2.05, 4.69) is 32.3 Å². The molecule has 0 aliphatic rings. The molecule has 0 aliphatic carbocycles. The maximum atomic E-state index is 12.2. The number of amides is 1. The molecular formula is C13H13N5OS. The number of rotatable bonds is 3. The van der Waals surface area contributed by atoms with E-state index in [1.807, 2.05) is 6.92 Å². The van der Waals surface area contributed by atoms with Crippen molar-refractivity contribution < 1.29 is 4.79 Å². The summed E-state index contributed by atoms with van der Waals surface area (Å²) < 4.78 is 0. The normalized spacial score (nSPS) is 9.70. The molecule has 2 rings (SSSR count).